The van der Waals surface area contributed by atoms with Crippen molar-refractivity contribution in [2.75, 3.05) is 0 Å². The van der Waals surface area contributed by atoms with Gasteiger partial charge in [0.1, 0.15) is 11.5 Å². The molecule has 0 unspecified atom stereocenters. The number of hydrogen-bond donors (Lipinski definition) is 1. The fraction of sp³-hybridized carbons (Fsp3) is 0.304. The molecule has 3 aliphatic carbocycles. The van der Waals surface area contributed by atoms with Crippen molar-refractivity contribution in [3.8, 4) is 11.3 Å². The topological polar surface area (TPSA) is 100 Å². The predicted molar refractivity (Wildman–Crippen MR) is 105 cm³/mol. The normalized spacial score (nSPS) is 30.1. The van der Waals surface area contributed by atoms with E-state index in [4.69, 9.17) is 9.52 Å². The number of carboxylic acid groups (broad SMARTS) is 1. The third kappa shape index (κ3) is 2.20. The minimum atomic E-state index is -0.991. The molecule has 1 aromatic heterocycles. The van der Waals surface area contributed by atoms with Gasteiger partial charge in [0.2, 0.25) is 0 Å². The Balaban J connectivity index is 1.21. The number of amides is 2. The molecule has 7 heteroatoms. The van der Waals surface area contributed by atoms with Gasteiger partial charge in [0.25, 0.3) is 11.8 Å². The van der Waals surface area contributed by atoms with Gasteiger partial charge in [-0.05, 0) is 54.4 Å². The van der Waals surface area contributed by atoms with E-state index in [0.717, 1.165) is 23.4 Å². The van der Waals surface area contributed by atoms with Crippen molar-refractivity contribution in [1.29, 1.82) is 0 Å². The lowest BCUT2D eigenvalue weighted by atomic mass is 9.85. The van der Waals surface area contributed by atoms with Crippen LogP contribution < -0.4 is 0 Å². The van der Waals surface area contributed by atoms with Crippen LogP contribution >= 0.6 is 0 Å². The van der Waals surface area contributed by atoms with E-state index in [0.29, 0.717) is 11.5 Å². The average molecular weight is 402 g/mol. The first-order valence-corrected chi connectivity index (χ1v) is 10.0. The van der Waals surface area contributed by atoms with Crippen LogP contribution in [0.15, 0.2) is 58.1 Å². The van der Waals surface area contributed by atoms with Gasteiger partial charge in [-0.2, -0.15) is 10.1 Å². The predicted octanol–water partition coefficient (Wildman–Crippen LogP) is 3.18. The van der Waals surface area contributed by atoms with E-state index >= 15 is 0 Å². The SMILES string of the molecule is O=C(O)c1ccc(-c2ccc(/C=N\N3C(=O)[C@H]4[C@H](C3=O)[C@H]3C=C[C@H]4C34CC4)o2)cc1. The molecule has 2 heterocycles. The van der Waals surface area contributed by atoms with Gasteiger partial charge in [-0.15, -0.1) is 0 Å². The fourth-order valence-electron chi connectivity index (χ4n) is 5.65. The summed E-state index contributed by atoms with van der Waals surface area (Å²) < 4.78 is 5.73. The van der Waals surface area contributed by atoms with Crippen LogP contribution in [0.3, 0.4) is 0 Å². The molecule has 0 radical (unpaired) electrons. The molecule has 2 bridgehead atoms. The van der Waals surface area contributed by atoms with Gasteiger partial charge in [-0.3, -0.25) is 9.59 Å². The Hall–Kier alpha value is -3.48. The van der Waals surface area contributed by atoms with Crippen LogP contribution in [-0.4, -0.2) is 34.1 Å². The second-order valence-corrected chi connectivity index (χ2v) is 8.54. The minimum Gasteiger partial charge on any atom is -0.478 e. The van der Waals surface area contributed by atoms with Crippen molar-refractivity contribution >= 4 is 24.0 Å². The molecule has 6 rings (SSSR count). The maximum absolute atomic E-state index is 12.9. The molecule has 4 aliphatic rings. The van der Waals surface area contributed by atoms with Gasteiger partial charge in [0.15, 0.2) is 0 Å². The highest BCUT2D eigenvalue weighted by Gasteiger charge is 2.73. The third-order valence-electron chi connectivity index (χ3n) is 7.17. The Labute approximate surface area is 171 Å². The van der Waals surface area contributed by atoms with Crippen molar-refractivity contribution in [3.63, 3.8) is 0 Å². The number of allylic oxidation sites excluding steroid dienone is 2. The van der Waals surface area contributed by atoms with E-state index in [1.807, 2.05) is 0 Å². The Bertz CT molecular complexity index is 1120. The van der Waals surface area contributed by atoms with E-state index in [1.165, 1.54) is 18.3 Å². The molecule has 4 atom stereocenters. The second-order valence-electron chi connectivity index (χ2n) is 8.54. The number of carboxylic acids is 1. The first-order chi connectivity index (χ1) is 14.5. The molecule has 30 heavy (non-hydrogen) atoms. The molecule has 3 fully saturated rings. The number of carbonyl (C=O) groups excluding carboxylic acids is 2. The number of hydrazone groups is 1. The molecule has 1 saturated heterocycles. The molecule has 1 spiro atoms. The highest BCUT2D eigenvalue weighted by molar-refractivity contribution is 6.07. The van der Waals surface area contributed by atoms with Gasteiger partial charge >= 0.3 is 5.97 Å². The molecular formula is C23H18N2O5. The van der Waals surface area contributed by atoms with Crippen molar-refractivity contribution in [1.82, 2.24) is 5.01 Å². The van der Waals surface area contributed by atoms with Gasteiger partial charge in [0.05, 0.1) is 23.6 Å². The first-order valence-electron chi connectivity index (χ1n) is 10.0. The summed E-state index contributed by atoms with van der Waals surface area (Å²) in [4.78, 5) is 36.8. The van der Waals surface area contributed by atoms with Crippen molar-refractivity contribution in [2.45, 2.75) is 12.8 Å². The molecule has 7 nitrogen and oxygen atoms in total. The lowest BCUT2D eigenvalue weighted by Gasteiger charge is -2.18. The Morgan fingerprint density at radius 1 is 1.03 bits per heavy atom. The number of furan rings is 1. The summed E-state index contributed by atoms with van der Waals surface area (Å²) in [5.41, 5.74) is 1.09. The summed E-state index contributed by atoms with van der Waals surface area (Å²) in [5, 5.41) is 14.2. The van der Waals surface area contributed by atoms with E-state index in [-0.39, 0.29) is 46.5 Å². The Kier molecular flexibility index (Phi) is 3.35. The lowest BCUT2D eigenvalue weighted by molar-refractivity contribution is -0.141. The van der Waals surface area contributed by atoms with Crippen LogP contribution in [0.4, 0.5) is 0 Å². The zero-order valence-corrected chi connectivity index (χ0v) is 15.9. The van der Waals surface area contributed by atoms with Gasteiger partial charge in [-0.25, -0.2) is 4.79 Å². The van der Waals surface area contributed by atoms with Crippen molar-refractivity contribution < 1.29 is 23.9 Å². The number of aromatic carboxylic acids is 1. The fourth-order valence-corrected chi connectivity index (χ4v) is 5.65. The van der Waals surface area contributed by atoms with Gasteiger partial charge < -0.3 is 9.52 Å². The summed E-state index contributed by atoms with van der Waals surface area (Å²) in [7, 11) is 0. The smallest absolute Gasteiger partial charge is 0.335 e. The number of fused-ring (bicyclic) bond motifs is 3. The number of nitrogens with zero attached hydrogens (tertiary/aromatic N) is 2. The zero-order valence-electron chi connectivity index (χ0n) is 15.9. The van der Waals surface area contributed by atoms with E-state index in [1.54, 1.807) is 24.3 Å². The van der Waals surface area contributed by atoms with Crippen LogP contribution in [0.25, 0.3) is 11.3 Å². The second kappa shape index (κ2) is 5.78. The molecule has 2 saturated carbocycles. The largest absolute Gasteiger partial charge is 0.478 e. The summed E-state index contributed by atoms with van der Waals surface area (Å²) in [6.07, 6.45) is 7.86. The molecule has 1 N–H and O–H groups in total. The van der Waals surface area contributed by atoms with Crippen molar-refractivity contribution in [3.05, 3.63) is 59.9 Å². The van der Waals surface area contributed by atoms with Crippen molar-refractivity contribution in [2.24, 2.45) is 34.2 Å². The number of carbonyl (C=O) groups is 3. The zero-order chi connectivity index (χ0) is 20.6. The number of rotatable bonds is 4. The maximum Gasteiger partial charge on any atom is 0.335 e. The molecule has 1 aliphatic heterocycles. The summed E-state index contributed by atoms with van der Waals surface area (Å²) in [6.45, 7) is 0. The van der Waals surface area contributed by atoms with E-state index in [2.05, 4.69) is 17.3 Å². The Morgan fingerprint density at radius 3 is 2.23 bits per heavy atom. The maximum atomic E-state index is 12.9. The molecule has 1 aromatic carbocycles. The van der Waals surface area contributed by atoms with Crippen LogP contribution in [0.1, 0.15) is 29.0 Å². The monoisotopic (exact) mass is 402 g/mol. The average Bonchev–Trinajstić information content (AvgIpc) is 3.03. The number of imide groups is 1. The minimum absolute atomic E-state index is 0.169. The molecule has 150 valence electrons. The van der Waals surface area contributed by atoms with Crippen LogP contribution in [0, 0.1) is 29.1 Å². The van der Waals surface area contributed by atoms with Crippen LogP contribution in [0.2, 0.25) is 0 Å². The Morgan fingerprint density at radius 2 is 1.67 bits per heavy atom. The summed E-state index contributed by atoms with van der Waals surface area (Å²) in [6, 6.07) is 9.76. The summed E-state index contributed by atoms with van der Waals surface area (Å²) >= 11 is 0. The first kappa shape index (κ1) is 17.4. The van der Waals surface area contributed by atoms with Crippen LogP contribution in [0.5, 0.6) is 0 Å². The summed E-state index contributed by atoms with van der Waals surface area (Å²) in [5.74, 6) is -0.650. The number of hydrogen-bond acceptors (Lipinski definition) is 5. The van der Waals surface area contributed by atoms with E-state index < -0.39 is 5.97 Å². The van der Waals surface area contributed by atoms with E-state index in [9.17, 15) is 14.4 Å². The highest BCUT2D eigenvalue weighted by atomic mass is 16.4. The third-order valence-corrected chi connectivity index (χ3v) is 7.17. The quantitative estimate of drug-likeness (QED) is 0.481. The van der Waals surface area contributed by atoms with Gasteiger partial charge in [-0.1, -0.05) is 24.3 Å². The standard InChI is InChI=1S/C23H18N2O5/c26-20-18-15-6-7-16(23(15)9-10-23)19(18)21(27)25(20)24-11-14-5-8-17(30-14)12-1-3-13(4-2-12)22(28)29/h1-8,11,15-16,18-19H,9-10H2,(H,28,29)/b24-11-/t15-,16-,18-,19-/m1/s1. The van der Waals surface area contributed by atoms with Crippen LogP contribution in [-0.2, 0) is 9.59 Å². The molecular weight excluding hydrogens is 384 g/mol. The number of benzene rings is 1. The van der Waals surface area contributed by atoms with Gasteiger partial charge in [0, 0.05) is 5.56 Å². The highest BCUT2D eigenvalue weighted by Crippen LogP contribution is 2.73. The molecule has 2 amide bonds. The molecule has 2 aromatic rings. The lowest BCUT2D eigenvalue weighted by Crippen LogP contribution is -2.30.